The summed E-state index contributed by atoms with van der Waals surface area (Å²) in [6, 6.07) is 17.5. The van der Waals surface area contributed by atoms with Crippen LogP contribution in [0.15, 0.2) is 71.5 Å². The van der Waals surface area contributed by atoms with E-state index in [1.807, 2.05) is 42.5 Å². The van der Waals surface area contributed by atoms with Crippen molar-refractivity contribution >= 4 is 33.5 Å². The molecule has 3 N–H and O–H groups in total. The average Bonchev–Trinajstić information content (AvgIpc) is 3.04. The molecule has 0 saturated carbocycles. The summed E-state index contributed by atoms with van der Waals surface area (Å²) in [5, 5.41) is 31.0. The van der Waals surface area contributed by atoms with Crippen LogP contribution in [0.5, 0.6) is 23.0 Å². The largest absolute Gasteiger partial charge is 0.488 e. The van der Waals surface area contributed by atoms with Crippen molar-refractivity contribution < 1.29 is 34.0 Å². The van der Waals surface area contributed by atoms with Crippen LogP contribution >= 0.6 is 27.5 Å². The van der Waals surface area contributed by atoms with E-state index in [4.69, 9.17) is 30.5 Å². The van der Waals surface area contributed by atoms with E-state index in [2.05, 4.69) is 26.2 Å². The molecule has 1 aliphatic rings. The van der Waals surface area contributed by atoms with Crippen LogP contribution in [0, 0.1) is 11.3 Å². The molecule has 5 rings (SSSR count). The third kappa shape index (κ3) is 7.41. The summed E-state index contributed by atoms with van der Waals surface area (Å²) in [6.45, 7) is 0.738. The number of benzene rings is 3. The van der Waals surface area contributed by atoms with Gasteiger partial charge in [0.05, 0.1) is 17.2 Å². The molecule has 1 aliphatic heterocycles. The smallest absolute Gasteiger partial charge is 0.323 e. The fourth-order valence-electron chi connectivity index (χ4n) is 4.49. The van der Waals surface area contributed by atoms with Crippen molar-refractivity contribution in [1.82, 2.24) is 10.3 Å². The highest BCUT2D eigenvalue weighted by molar-refractivity contribution is 9.10. The third-order valence-electron chi connectivity index (χ3n) is 6.77. The van der Waals surface area contributed by atoms with Crippen LogP contribution in [0.2, 0.25) is 5.02 Å². The second-order valence-electron chi connectivity index (χ2n) is 9.75. The maximum atomic E-state index is 11.4. The van der Waals surface area contributed by atoms with Crippen molar-refractivity contribution in [3.63, 3.8) is 0 Å². The first-order valence-electron chi connectivity index (χ1n) is 13.5. The Labute approximate surface area is 266 Å². The summed E-state index contributed by atoms with van der Waals surface area (Å²) < 4.78 is 24.5. The Kier molecular flexibility index (Phi) is 10.2. The van der Waals surface area contributed by atoms with Gasteiger partial charge in [0.1, 0.15) is 50.0 Å². The maximum Gasteiger partial charge on any atom is 0.323 e. The van der Waals surface area contributed by atoms with Crippen molar-refractivity contribution in [3.05, 3.63) is 98.7 Å². The second-order valence-corrected chi connectivity index (χ2v) is 11.0. The van der Waals surface area contributed by atoms with Crippen LogP contribution in [-0.4, -0.2) is 47.0 Å². The summed E-state index contributed by atoms with van der Waals surface area (Å²) in [6.07, 6.45) is 3.04. The van der Waals surface area contributed by atoms with Gasteiger partial charge in [0, 0.05) is 46.2 Å². The zero-order chi connectivity index (χ0) is 31.1. The van der Waals surface area contributed by atoms with Gasteiger partial charge in [-0.05, 0) is 51.3 Å². The summed E-state index contributed by atoms with van der Waals surface area (Å²) in [7, 11) is 0. The molecule has 4 aromatic rings. The maximum absolute atomic E-state index is 11.4. The fourth-order valence-corrected chi connectivity index (χ4v) is 5.34. The lowest BCUT2D eigenvalue weighted by Gasteiger charge is -2.20. The molecule has 44 heavy (non-hydrogen) atoms. The lowest BCUT2D eigenvalue weighted by atomic mass is 10.0. The number of carboxylic acid groups (broad SMARTS) is 1. The van der Waals surface area contributed by atoms with Crippen LogP contribution < -0.4 is 24.3 Å². The van der Waals surface area contributed by atoms with Crippen molar-refractivity contribution in [2.75, 3.05) is 19.8 Å². The van der Waals surface area contributed by atoms with Gasteiger partial charge in [-0.1, -0.05) is 35.9 Å². The van der Waals surface area contributed by atoms with E-state index in [0.717, 1.165) is 21.2 Å². The van der Waals surface area contributed by atoms with E-state index >= 15 is 0 Å². The van der Waals surface area contributed by atoms with Crippen molar-refractivity contribution in [3.8, 4) is 40.2 Å². The highest BCUT2D eigenvalue weighted by Crippen LogP contribution is 2.39. The highest BCUT2D eigenvalue weighted by Gasteiger charge is 2.19. The molecule has 0 amide bonds. The quantitative estimate of drug-likeness (QED) is 0.176. The Morgan fingerprint density at radius 3 is 2.61 bits per heavy atom. The lowest BCUT2D eigenvalue weighted by Crippen LogP contribution is -2.39. The molecule has 0 bridgehead atoms. The minimum Gasteiger partial charge on any atom is -0.488 e. The molecule has 0 unspecified atom stereocenters. The number of rotatable bonds is 12. The number of aliphatic hydroxyl groups is 1. The molecule has 1 aromatic heterocycles. The lowest BCUT2D eigenvalue weighted by molar-refractivity contribution is -0.140. The summed E-state index contributed by atoms with van der Waals surface area (Å²) in [5.41, 5.74) is 4.38. The first kappa shape index (κ1) is 31.1. The SMILES string of the molecule is N#Cc1cncc(COc2cc(OCc3cccc(-c4ccc5c(c4)OCCO5)c3Br)c(Cl)cc2CN[C@@H](CO)C(=O)O)c1. The number of hydrogen-bond acceptors (Lipinski definition) is 9. The van der Waals surface area contributed by atoms with Crippen molar-refractivity contribution in [2.45, 2.75) is 25.8 Å². The molecular formula is C32H27BrClN3O7. The normalized spacial score (nSPS) is 12.7. The number of aromatic nitrogens is 1. The first-order valence-corrected chi connectivity index (χ1v) is 14.7. The van der Waals surface area contributed by atoms with Crippen LogP contribution in [0.4, 0.5) is 0 Å². The Morgan fingerprint density at radius 1 is 1.05 bits per heavy atom. The molecular weight excluding hydrogens is 654 g/mol. The van der Waals surface area contributed by atoms with Gasteiger partial charge >= 0.3 is 5.97 Å². The minimum absolute atomic E-state index is 0.0481. The molecule has 226 valence electrons. The molecule has 2 heterocycles. The zero-order valence-corrected chi connectivity index (χ0v) is 25.6. The number of aliphatic hydroxyl groups excluding tert-OH is 1. The van der Waals surface area contributed by atoms with E-state index in [1.165, 1.54) is 6.20 Å². The van der Waals surface area contributed by atoms with E-state index in [-0.39, 0.29) is 24.8 Å². The first-order chi connectivity index (χ1) is 21.4. The van der Waals surface area contributed by atoms with Crippen LogP contribution in [-0.2, 0) is 24.6 Å². The second kappa shape index (κ2) is 14.4. The standard InChI is InChI=1S/C32H27BrClN3O7/c33-31-22(2-1-3-24(31)21-4-5-27-30(10-21)42-7-6-41-27)18-44-29-11-28(43-17-20-8-19(12-35)13-36-14-20)23(9-25(29)34)15-37-26(16-38)32(39)40/h1-5,8-11,13-14,26,37-38H,6-7,15-18H2,(H,39,40)/t26-/m0/s1. The fraction of sp³-hybridized carbons (Fsp3) is 0.219. The molecule has 0 radical (unpaired) electrons. The summed E-state index contributed by atoms with van der Waals surface area (Å²) in [4.78, 5) is 15.5. The number of pyridine rings is 1. The summed E-state index contributed by atoms with van der Waals surface area (Å²) >= 11 is 10.3. The topological polar surface area (TPSA) is 143 Å². The molecule has 0 fully saturated rings. The van der Waals surface area contributed by atoms with Crippen LogP contribution in [0.1, 0.15) is 22.3 Å². The van der Waals surface area contributed by atoms with Gasteiger partial charge in [-0.25, -0.2) is 0 Å². The van der Waals surface area contributed by atoms with Gasteiger partial charge in [-0.3, -0.25) is 15.1 Å². The third-order valence-corrected chi connectivity index (χ3v) is 8.00. The Balaban J connectivity index is 1.37. The molecule has 12 heteroatoms. The number of nitriles is 1. The van der Waals surface area contributed by atoms with E-state index in [1.54, 1.807) is 24.4 Å². The number of fused-ring (bicyclic) bond motifs is 1. The summed E-state index contributed by atoms with van der Waals surface area (Å²) in [5.74, 6) is 0.948. The predicted octanol–water partition coefficient (Wildman–Crippen LogP) is 5.50. The van der Waals surface area contributed by atoms with Crippen molar-refractivity contribution in [1.29, 1.82) is 5.26 Å². The molecule has 0 spiro atoms. The number of halogens is 2. The number of nitrogens with one attached hydrogen (secondary N) is 1. The number of ether oxygens (including phenoxy) is 4. The van der Waals surface area contributed by atoms with Gasteiger partial charge in [-0.15, -0.1) is 0 Å². The highest BCUT2D eigenvalue weighted by atomic mass is 79.9. The number of aliphatic carboxylic acids is 1. The van der Waals surface area contributed by atoms with E-state index < -0.39 is 18.6 Å². The molecule has 3 aromatic carbocycles. The number of nitrogens with zero attached hydrogens (tertiary/aromatic N) is 2. The molecule has 0 saturated heterocycles. The zero-order valence-electron chi connectivity index (χ0n) is 23.3. The van der Waals surface area contributed by atoms with Gasteiger partial charge in [-0.2, -0.15) is 5.26 Å². The van der Waals surface area contributed by atoms with Gasteiger partial charge < -0.3 is 29.2 Å². The Hall–Kier alpha value is -4.34. The predicted molar refractivity (Wildman–Crippen MR) is 165 cm³/mol. The number of hydrogen-bond donors (Lipinski definition) is 3. The van der Waals surface area contributed by atoms with Crippen molar-refractivity contribution in [2.24, 2.45) is 0 Å². The molecule has 10 nitrogen and oxygen atoms in total. The van der Waals surface area contributed by atoms with Gasteiger partial charge in [0.2, 0.25) is 0 Å². The average molecular weight is 681 g/mol. The van der Waals surface area contributed by atoms with Crippen LogP contribution in [0.3, 0.4) is 0 Å². The van der Waals surface area contributed by atoms with E-state index in [0.29, 0.717) is 52.9 Å². The van der Waals surface area contributed by atoms with Gasteiger partial charge in [0.15, 0.2) is 11.5 Å². The minimum atomic E-state index is -1.19. The number of carboxylic acids is 1. The van der Waals surface area contributed by atoms with E-state index in [9.17, 15) is 20.3 Å². The monoisotopic (exact) mass is 679 g/mol. The molecule has 0 aliphatic carbocycles. The Morgan fingerprint density at radius 2 is 1.84 bits per heavy atom. The van der Waals surface area contributed by atoms with Gasteiger partial charge in [0.25, 0.3) is 0 Å². The number of carbonyl (C=O) groups is 1. The Bertz CT molecular complexity index is 1710. The molecule has 1 atom stereocenters. The van der Waals surface area contributed by atoms with Crippen LogP contribution in [0.25, 0.3) is 11.1 Å².